The maximum Gasteiger partial charge on any atom is 0.215 e. The SMILES string of the molecule is CCCSc1nc(N)c(NC)c(N(C=O)Cc2ccccc2)n1. The first kappa shape index (κ1) is 17.1. The molecule has 23 heavy (non-hydrogen) atoms. The minimum Gasteiger partial charge on any atom is -0.382 e. The van der Waals surface area contributed by atoms with Gasteiger partial charge in [0.15, 0.2) is 16.8 Å². The zero-order chi connectivity index (χ0) is 16.7. The second kappa shape index (κ2) is 8.38. The van der Waals surface area contributed by atoms with Crippen molar-refractivity contribution in [1.29, 1.82) is 0 Å². The number of hydrogen-bond donors (Lipinski definition) is 2. The highest BCUT2D eigenvalue weighted by molar-refractivity contribution is 7.99. The second-order valence-corrected chi connectivity index (χ2v) is 5.97. The number of nitrogens with one attached hydrogen (secondary N) is 1. The van der Waals surface area contributed by atoms with Crippen molar-refractivity contribution in [2.45, 2.75) is 25.0 Å². The minimum absolute atomic E-state index is 0.344. The van der Waals surface area contributed by atoms with Gasteiger partial charge in [0, 0.05) is 12.8 Å². The highest BCUT2D eigenvalue weighted by atomic mass is 32.2. The van der Waals surface area contributed by atoms with E-state index in [1.165, 1.54) is 16.7 Å². The number of aromatic nitrogens is 2. The number of benzene rings is 1. The lowest BCUT2D eigenvalue weighted by Crippen LogP contribution is -2.23. The Morgan fingerprint density at radius 1 is 1.30 bits per heavy atom. The van der Waals surface area contributed by atoms with Gasteiger partial charge in [0.1, 0.15) is 5.69 Å². The second-order valence-electron chi connectivity index (χ2n) is 4.91. The van der Waals surface area contributed by atoms with Gasteiger partial charge >= 0.3 is 0 Å². The average molecular weight is 331 g/mol. The van der Waals surface area contributed by atoms with E-state index in [9.17, 15) is 4.79 Å². The van der Waals surface area contributed by atoms with Crippen LogP contribution < -0.4 is 16.0 Å². The van der Waals surface area contributed by atoms with E-state index >= 15 is 0 Å². The Kier molecular flexibility index (Phi) is 6.22. The van der Waals surface area contributed by atoms with Crippen molar-refractivity contribution >= 4 is 35.5 Å². The summed E-state index contributed by atoms with van der Waals surface area (Å²) in [5.41, 5.74) is 7.60. The van der Waals surface area contributed by atoms with Gasteiger partial charge in [0.2, 0.25) is 6.41 Å². The van der Waals surface area contributed by atoms with Crippen molar-refractivity contribution in [3.05, 3.63) is 35.9 Å². The Morgan fingerprint density at radius 3 is 2.65 bits per heavy atom. The molecule has 122 valence electrons. The maximum absolute atomic E-state index is 11.6. The van der Waals surface area contributed by atoms with E-state index in [-0.39, 0.29) is 0 Å². The maximum atomic E-state index is 11.6. The van der Waals surface area contributed by atoms with Crippen LogP contribution in [0.25, 0.3) is 0 Å². The lowest BCUT2D eigenvalue weighted by Gasteiger charge is -2.21. The molecular formula is C16H21N5OS. The summed E-state index contributed by atoms with van der Waals surface area (Å²) in [6.45, 7) is 2.51. The molecule has 0 unspecified atom stereocenters. The quantitative estimate of drug-likeness (QED) is 0.439. The largest absolute Gasteiger partial charge is 0.382 e. The van der Waals surface area contributed by atoms with Crippen LogP contribution in [0.1, 0.15) is 18.9 Å². The number of nitrogens with two attached hydrogens (primary N) is 1. The molecule has 1 heterocycles. The Bertz CT molecular complexity index is 650. The smallest absolute Gasteiger partial charge is 0.215 e. The molecule has 0 atom stereocenters. The Balaban J connectivity index is 2.36. The molecule has 3 N–H and O–H groups in total. The topological polar surface area (TPSA) is 84.1 Å². The number of carbonyl (C=O) groups is 1. The van der Waals surface area contributed by atoms with Crippen LogP contribution in [0.4, 0.5) is 17.3 Å². The first-order valence-electron chi connectivity index (χ1n) is 7.43. The molecule has 0 fully saturated rings. The molecule has 2 aromatic rings. The molecule has 0 radical (unpaired) electrons. The summed E-state index contributed by atoms with van der Waals surface area (Å²) in [5.74, 6) is 1.74. The van der Waals surface area contributed by atoms with E-state index in [4.69, 9.17) is 5.73 Å². The molecule has 0 aliphatic rings. The molecule has 0 aliphatic heterocycles. The number of hydrogen-bond acceptors (Lipinski definition) is 6. The van der Waals surface area contributed by atoms with Crippen LogP contribution in [0, 0.1) is 0 Å². The van der Waals surface area contributed by atoms with Crippen molar-refractivity contribution < 1.29 is 4.79 Å². The van der Waals surface area contributed by atoms with Gasteiger partial charge in [0.25, 0.3) is 0 Å². The van der Waals surface area contributed by atoms with Crippen LogP contribution in [0.5, 0.6) is 0 Å². The molecular weight excluding hydrogens is 310 g/mol. The Hall–Kier alpha value is -2.28. The molecule has 1 amide bonds. The summed E-state index contributed by atoms with van der Waals surface area (Å²) < 4.78 is 0. The van der Waals surface area contributed by atoms with Crippen molar-refractivity contribution in [2.75, 3.05) is 28.8 Å². The molecule has 7 heteroatoms. The van der Waals surface area contributed by atoms with Crippen LogP contribution in [-0.4, -0.2) is 29.2 Å². The summed E-state index contributed by atoms with van der Waals surface area (Å²) in [6.07, 6.45) is 1.78. The molecule has 0 bridgehead atoms. The third-order valence-corrected chi connectivity index (χ3v) is 4.23. The molecule has 1 aromatic heterocycles. The normalized spacial score (nSPS) is 10.3. The summed E-state index contributed by atoms with van der Waals surface area (Å²) in [6, 6.07) is 9.75. The van der Waals surface area contributed by atoms with Crippen molar-refractivity contribution in [1.82, 2.24) is 9.97 Å². The average Bonchev–Trinajstić information content (AvgIpc) is 2.58. The lowest BCUT2D eigenvalue weighted by atomic mass is 10.2. The van der Waals surface area contributed by atoms with E-state index in [0.717, 1.165) is 24.1 Å². The highest BCUT2D eigenvalue weighted by Crippen LogP contribution is 2.31. The number of nitrogen functional groups attached to an aromatic ring is 1. The molecule has 0 aliphatic carbocycles. The molecule has 2 rings (SSSR count). The van der Waals surface area contributed by atoms with Gasteiger partial charge in [0.05, 0.1) is 6.54 Å². The summed E-state index contributed by atoms with van der Waals surface area (Å²) in [7, 11) is 1.74. The van der Waals surface area contributed by atoms with E-state index in [1.54, 1.807) is 7.05 Å². The molecule has 1 aromatic carbocycles. The third-order valence-electron chi connectivity index (χ3n) is 3.18. The fourth-order valence-corrected chi connectivity index (χ4v) is 2.79. The predicted molar refractivity (Wildman–Crippen MR) is 95.7 cm³/mol. The fourth-order valence-electron chi connectivity index (χ4n) is 2.09. The first-order valence-corrected chi connectivity index (χ1v) is 8.42. The zero-order valence-electron chi connectivity index (χ0n) is 13.3. The number of anilines is 3. The number of rotatable bonds is 8. The highest BCUT2D eigenvalue weighted by Gasteiger charge is 2.18. The van der Waals surface area contributed by atoms with Gasteiger partial charge in [-0.3, -0.25) is 9.69 Å². The lowest BCUT2D eigenvalue weighted by molar-refractivity contribution is -0.107. The molecule has 0 spiro atoms. The Morgan fingerprint density at radius 2 is 2.04 bits per heavy atom. The van der Waals surface area contributed by atoms with Gasteiger partial charge in [-0.1, -0.05) is 49.0 Å². The van der Waals surface area contributed by atoms with E-state index in [2.05, 4.69) is 22.2 Å². The summed E-state index contributed by atoms with van der Waals surface area (Å²) in [4.78, 5) is 21.9. The van der Waals surface area contributed by atoms with Crippen LogP contribution in [0.2, 0.25) is 0 Å². The van der Waals surface area contributed by atoms with Gasteiger partial charge in [-0.2, -0.15) is 0 Å². The number of amides is 1. The third kappa shape index (κ3) is 4.35. The van der Waals surface area contributed by atoms with Crippen molar-refractivity contribution in [3.63, 3.8) is 0 Å². The molecule has 0 saturated heterocycles. The summed E-state index contributed by atoms with van der Waals surface area (Å²) >= 11 is 1.53. The van der Waals surface area contributed by atoms with Gasteiger partial charge in [-0.25, -0.2) is 9.97 Å². The van der Waals surface area contributed by atoms with Crippen LogP contribution in [0.15, 0.2) is 35.5 Å². The number of carbonyl (C=O) groups excluding carboxylic acids is 1. The zero-order valence-corrected chi connectivity index (χ0v) is 14.1. The van der Waals surface area contributed by atoms with Gasteiger partial charge < -0.3 is 11.1 Å². The first-order chi connectivity index (χ1) is 11.2. The van der Waals surface area contributed by atoms with E-state index < -0.39 is 0 Å². The van der Waals surface area contributed by atoms with Crippen LogP contribution in [-0.2, 0) is 11.3 Å². The monoisotopic (exact) mass is 331 g/mol. The van der Waals surface area contributed by atoms with Crippen LogP contribution >= 0.6 is 11.8 Å². The Labute approximate surface area is 140 Å². The van der Waals surface area contributed by atoms with Gasteiger partial charge in [-0.15, -0.1) is 0 Å². The molecule has 0 saturated carbocycles. The minimum atomic E-state index is 0.344. The van der Waals surface area contributed by atoms with Crippen LogP contribution in [0.3, 0.4) is 0 Å². The summed E-state index contributed by atoms with van der Waals surface area (Å²) in [5, 5.41) is 3.57. The number of nitrogens with zero attached hydrogens (tertiary/aromatic N) is 3. The van der Waals surface area contributed by atoms with E-state index in [0.29, 0.717) is 29.0 Å². The number of thioether (sulfide) groups is 1. The van der Waals surface area contributed by atoms with Crippen molar-refractivity contribution in [2.24, 2.45) is 0 Å². The van der Waals surface area contributed by atoms with E-state index in [1.807, 2.05) is 30.3 Å². The standard InChI is InChI=1S/C16H21N5OS/c1-3-9-23-16-19-14(17)13(18-2)15(20-16)21(11-22)10-12-7-5-4-6-8-12/h4-8,11,18H,3,9-10H2,1-2H3,(H2,17,19,20). The fraction of sp³-hybridized carbons (Fsp3) is 0.312. The predicted octanol–water partition coefficient (Wildman–Crippen LogP) is 2.77. The van der Waals surface area contributed by atoms with Crippen molar-refractivity contribution in [3.8, 4) is 0 Å². The molecule has 6 nitrogen and oxygen atoms in total. The van der Waals surface area contributed by atoms with Gasteiger partial charge in [-0.05, 0) is 12.0 Å².